The molecule has 8 nitrogen and oxygen atoms in total. The maximum atomic E-state index is 13.2. The van der Waals surface area contributed by atoms with Crippen LogP contribution in [-0.2, 0) is 29.0 Å². The van der Waals surface area contributed by atoms with Gasteiger partial charge < -0.3 is 21.1 Å². The fourth-order valence-electron chi connectivity index (χ4n) is 3.95. The number of urea groups is 1. The minimum absolute atomic E-state index is 0.0208. The second-order valence-electron chi connectivity index (χ2n) is 8.92. The fraction of sp³-hybridized carbons (Fsp3) is 0.300. The normalized spacial score (nSPS) is 13.6. The quantitative estimate of drug-likeness (QED) is 0.269. The molecule has 1 aliphatic rings. The molecule has 4 rings (SSSR count). The van der Waals surface area contributed by atoms with Crippen LogP contribution in [0.4, 0.5) is 4.79 Å². The Balaban J connectivity index is 0.000000715. The highest BCUT2D eigenvalue weighted by atomic mass is 16.5. The van der Waals surface area contributed by atoms with E-state index >= 15 is 0 Å². The summed E-state index contributed by atoms with van der Waals surface area (Å²) in [6.07, 6.45) is 3.18. The fourth-order valence-corrected chi connectivity index (χ4v) is 3.95. The van der Waals surface area contributed by atoms with Crippen molar-refractivity contribution in [2.75, 3.05) is 20.3 Å². The summed E-state index contributed by atoms with van der Waals surface area (Å²) in [4.78, 5) is 28.6. The van der Waals surface area contributed by atoms with Crippen LogP contribution in [0, 0.1) is 0 Å². The monoisotopic (exact) mass is 515 g/mol. The van der Waals surface area contributed by atoms with Gasteiger partial charge in [-0.15, -0.1) is 0 Å². The van der Waals surface area contributed by atoms with Crippen LogP contribution in [0.2, 0.25) is 0 Å². The molecule has 1 aliphatic heterocycles. The van der Waals surface area contributed by atoms with Gasteiger partial charge in [-0.3, -0.25) is 10.1 Å². The van der Waals surface area contributed by atoms with Crippen LogP contribution >= 0.6 is 0 Å². The molecule has 0 bridgehead atoms. The topological polar surface area (TPSA) is 118 Å². The van der Waals surface area contributed by atoms with E-state index in [0.29, 0.717) is 19.5 Å². The Labute approximate surface area is 224 Å². The average Bonchev–Trinajstić information content (AvgIpc) is 3.55. The molecule has 1 unspecified atom stereocenters. The van der Waals surface area contributed by atoms with Crippen molar-refractivity contribution in [3.8, 4) is 0 Å². The highest BCUT2D eigenvalue weighted by Crippen LogP contribution is 2.21. The van der Waals surface area contributed by atoms with Crippen LogP contribution in [0.1, 0.15) is 41.0 Å². The van der Waals surface area contributed by atoms with Crippen LogP contribution in [-0.4, -0.2) is 38.2 Å². The lowest BCUT2D eigenvalue weighted by atomic mass is 9.91. The number of nitrogens with two attached hydrogens (primary N) is 1. The second-order valence-corrected chi connectivity index (χ2v) is 8.92. The third kappa shape index (κ3) is 10.1. The van der Waals surface area contributed by atoms with Crippen molar-refractivity contribution in [1.82, 2.24) is 16.0 Å². The molecule has 0 aliphatic carbocycles. The van der Waals surface area contributed by atoms with E-state index in [1.165, 1.54) is 19.9 Å². The van der Waals surface area contributed by atoms with Crippen LogP contribution in [0.25, 0.3) is 0 Å². The largest absolute Gasteiger partial charge is 0.381 e. The van der Waals surface area contributed by atoms with Crippen LogP contribution < -0.4 is 21.7 Å². The van der Waals surface area contributed by atoms with E-state index in [4.69, 9.17) is 10.5 Å². The molecule has 200 valence electrons. The number of carbonyl (C=O) groups excluding carboxylic acids is 2. The smallest absolute Gasteiger partial charge is 0.321 e. The van der Waals surface area contributed by atoms with Crippen molar-refractivity contribution in [1.29, 1.82) is 0 Å². The summed E-state index contributed by atoms with van der Waals surface area (Å²) in [6.45, 7) is 2.72. The number of guanidine groups is 1. The average molecular weight is 516 g/mol. The number of benzene rings is 3. The van der Waals surface area contributed by atoms with E-state index in [1.54, 1.807) is 0 Å². The number of carbonyl (C=O) groups is 2. The van der Waals surface area contributed by atoms with E-state index in [1.807, 2.05) is 84.9 Å². The SMILES string of the molecule is C1CCOC1.CNC(=O)NC(N)=NCc1cccc(CNC(=O)C(Cc2ccccc2)c2ccccc2)c1. The first-order valence-electron chi connectivity index (χ1n) is 12.9. The summed E-state index contributed by atoms with van der Waals surface area (Å²) in [5.41, 5.74) is 9.69. The Bertz CT molecular complexity index is 1160. The molecule has 1 atom stereocenters. The van der Waals surface area contributed by atoms with Gasteiger partial charge >= 0.3 is 6.03 Å². The lowest BCUT2D eigenvalue weighted by molar-refractivity contribution is -0.122. The maximum absolute atomic E-state index is 13.2. The van der Waals surface area contributed by atoms with Crippen molar-refractivity contribution in [3.05, 3.63) is 107 Å². The van der Waals surface area contributed by atoms with E-state index in [0.717, 1.165) is 35.5 Å². The molecule has 1 fully saturated rings. The van der Waals surface area contributed by atoms with Gasteiger partial charge in [0.05, 0.1) is 12.5 Å². The number of hydrogen-bond donors (Lipinski definition) is 4. The molecular weight excluding hydrogens is 478 g/mol. The minimum atomic E-state index is -0.420. The van der Waals surface area contributed by atoms with Crippen molar-refractivity contribution in [2.45, 2.75) is 38.3 Å². The first-order chi connectivity index (χ1) is 18.5. The van der Waals surface area contributed by atoms with Crippen LogP contribution in [0.15, 0.2) is 89.9 Å². The number of amides is 3. The van der Waals surface area contributed by atoms with Crippen molar-refractivity contribution in [2.24, 2.45) is 10.7 Å². The van der Waals surface area contributed by atoms with E-state index in [-0.39, 0.29) is 17.8 Å². The zero-order valence-electron chi connectivity index (χ0n) is 21.9. The number of aliphatic imine (C=N–C) groups is 1. The summed E-state index contributed by atoms with van der Waals surface area (Å²) in [5, 5.41) is 7.92. The molecule has 3 amide bonds. The highest BCUT2D eigenvalue weighted by Gasteiger charge is 2.20. The van der Waals surface area contributed by atoms with Crippen molar-refractivity contribution >= 4 is 17.9 Å². The summed E-state index contributed by atoms with van der Waals surface area (Å²) in [7, 11) is 1.50. The van der Waals surface area contributed by atoms with Gasteiger partial charge in [0, 0.05) is 26.8 Å². The lowest BCUT2D eigenvalue weighted by Gasteiger charge is -2.18. The Morgan fingerprint density at radius 1 is 0.895 bits per heavy atom. The van der Waals surface area contributed by atoms with Crippen molar-refractivity contribution in [3.63, 3.8) is 0 Å². The molecule has 3 aromatic carbocycles. The molecule has 0 saturated carbocycles. The molecule has 0 radical (unpaired) electrons. The summed E-state index contributed by atoms with van der Waals surface area (Å²) >= 11 is 0. The van der Waals surface area contributed by atoms with Crippen LogP contribution in [0.5, 0.6) is 0 Å². The molecule has 0 aromatic heterocycles. The van der Waals surface area contributed by atoms with Gasteiger partial charge in [0.15, 0.2) is 5.96 Å². The molecule has 1 heterocycles. The Morgan fingerprint density at radius 2 is 1.53 bits per heavy atom. The second kappa shape index (κ2) is 15.8. The Morgan fingerprint density at radius 3 is 2.16 bits per heavy atom. The highest BCUT2D eigenvalue weighted by molar-refractivity contribution is 5.95. The number of rotatable bonds is 8. The Kier molecular flexibility index (Phi) is 11.8. The van der Waals surface area contributed by atoms with E-state index < -0.39 is 6.03 Å². The van der Waals surface area contributed by atoms with Crippen LogP contribution in [0.3, 0.4) is 0 Å². The number of nitrogens with one attached hydrogen (secondary N) is 3. The maximum Gasteiger partial charge on any atom is 0.321 e. The van der Waals surface area contributed by atoms with Crippen molar-refractivity contribution < 1.29 is 14.3 Å². The molecule has 0 spiro atoms. The van der Waals surface area contributed by atoms with Gasteiger partial charge in [0.2, 0.25) is 5.91 Å². The summed E-state index contributed by atoms with van der Waals surface area (Å²) in [5.74, 6) is -0.260. The molecule has 38 heavy (non-hydrogen) atoms. The first kappa shape index (κ1) is 28.4. The first-order valence-corrected chi connectivity index (χ1v) is 12.9. The molecule has 8 heteroatoms. The zero-order chi connectivity index (χ0) is 27.0. The predicted molar refractivity (Wildman–Crippen MR) is 151 cm³/mol. The zero-order valence-corrected chi connectivity index (χ0v) is 21.9. The number of ether oxygens (including phenoxy) is 1. The van der Waals surface area contributed by atoms with Gasteiger partial charge in [-0.1, -0.05) is 84.9 Å². The molecular formula is C30H37N5O3. The lowest BCUT2D eigenvalue weighted by Crippen LogP contribution is -2.41. The van der Waals surface area contributed by atoms with Gasteiger partial charge in [0.25, 0.3) is 0 Å². The number of nitrogens with zero attached hydrogens (tertiary/aromatic N) is 1. The summed E-state index contributed by atoms with van der Waals surface area (Å²) < 4.78 is 4.94. The standard InChI is InChI=1S/C26H29N5O2.C4H8O/c1-28-26(33)31-25(27)30-18-21-12-8-11-20(15-21)17-29-24(32)23(22-13-6-3-7-14-22)16-19-9-4-2-5-10-19;1-2-4-5-3-1/h2-15,23H,16-18H2,1H3,(H,29,32)(H4,27,28,30,31,33);1-4H2. The minimum Gasteiger partial charge on any atom is -0.381 e. The molecule has 3 aromatic rings. The van der Waals surface area contributed by atoms with E-state index in [2.05, 4.69) is 20.9 Å². The third-order valence-corrected chi connectivity index (χ3v) is 5.99. The summed E-state index contributed by atoms with van der Waals surface area (Å²) in [6, 6.07) is 27.2. The van der Waals surface area contributed by atoms with Gasteiger partial charge in [-0.05, 0) is 41.5 Å². The molecule has 1 saturated heterocycles. The molecule has 5 N–H and O–H groups in total. The van der Waals surface area contributed by atoms with Gasteiger partial charge in [0.1, 0.15) is 0 Å². The van der Waals surface area contributed by atoms with E-state index in [9.17, 15) is 9.59 Å². The Hall–Kier alpha value is -4.17. The third-order valence-electron chi connectivity index (χ3n) is 5.99. The predicted octanol–water partition coefficient (Wildman–Crippen LogP) is 3.87. The number of hydrogen-bond acceptors (Lipinski definition) is 4. The van der Waals surface area contributed by atoms with Gasteiger partial charge in [-0.25, -0.2) is 9.79 Å². The van der Waals surface area contributed by atoms with Gasteiger partial charge in [-0.2, -0.15) is 0 Å².